The molecule has 0 aliphatic carbocycles. The van der Waals surface area contributed by atoms with Crippen LogP contribution in [0.3, 0.4) is 0 Å². The molecule has 0 aromatic rings. The zero-order chi connectivity index (χ0) is 9.68. The Morgan fingerprint density at radius 1 is 1.69 bits per heavy atom. The van der Waals surface area contributed by atoms with E-state index in [2.05, 4.69) is 0 Å². The molecule has 0 amide bonds. The first-order valence-corrected chi connectivity index (χ1v) is 3.90. The lowest BCUT2D eigenvalue weighted by Crippen LogP contribution is -2.27. The molecule has 0 unspecified atom stereocenters. The molecule has 0 spiro atoms. The van der Waals surface area contributed by atoms with Gasteiger partial charge in [0.2, 0.25) is 0 Å². The van der Waals surface area contributed by atoms with Crippen LogP contribution in [0.1, 0.15) is 6.42 Å². The van der Waals surface area contributed by atoms with Crippen molar-refractivity contribution in [3.8, 4) is 0 Å². The SMILES string of the molecule is COC1=CC=CN(N)/C1=C\CC=O. The third-order valence-electron chi connectivity index (χ3n) is 1.65. The number of hydrogen-bond donors (Lipinski definition) is 1. The molecule has 0 saturated carbocycles. The maximum absolute atomic E-state index is 10.2. The number of hydrogen-bond acceptors (Lipinski definition) is 4. The minimum absolute atomic E-state index is 0.331. The maximum atomic E-state index is 10.2. The molecule has 1 heterocycles. The molecule has 70 valence electrons. The highest BCUT2D eigenvalue weighted by atomic mass is 16.5. The number of rotatable bonds is 3. The molecule has 0 aromatic carbocycles. The molecule has 4 nitrogen and oxygen atoms in total. The van der Waals surface area contributed by atoms with Crippen molar-refractivity contribution >= 4 is 6.29 Å². The average molecular weight is 180 g/mol. The van der Waals surface area contributed by atoms with Crippen LogP contribution in [0.2, 0.25) is 0 Å². The minimum Gasteiger partial charge on any atom is -0.495 e. The Morgan fingerprint density at radius 3 is 3.08 bits per heavy atom. The normalized spacial score (nSPS) is 18.8. The third-order valence-corrected chi connectivity index (χ3v) is 1.65. The molecule has 0 saturated heterocycles. The van der Waals surface area contributed by atoms with Gasteiger partial charge in [-0.3, -0.25) is 5.01 Å². The molecule has 2 N–H and O–H groups in total. The van der Waals surface area contributed by atoms with E-state index in [4.69, 9.17) is 10.6 Å². The number of ether oxygens (including phenoxy) is 1. The number of methoxy groups -OCH3 is 1. The van der Waals surface area contributed by atoms with Crippen LogP contribution in [-0.2, 0) is 9.53 Å². The fourth-order valence-electron chi connectivity index (χ4n) is 1.05. The van der Waals surface area contributed by atoms with Crippen LogP contribution in [0, 0.1) is 0 Å². The van der Waals surface area contributed by atoms with Crippen LogP contribution in [0.5, 0.6) is 0 Å². The van der Waals surface area contributed by atoms with Crippen molar-refractivity contribution < 1.29 is 9.53 Å². The molecule has 0 atom stereocenters. The van der Waals surface area contributed by atoms with Gasteiger partial charge in [-0.05, 0) is 18.2 Å². The lowest BCUT2D eigenvalue weighted by atomic mass is 10.2. The fourth-order valence-corrected chi connectivity index (χ4v) is 1.05. The van der Waals surface area contributed by atoms with Gasteiger partial charge in [-0.15, -0.1) is 0 Å². The lowest BCUT2D eigenvalue weighted by molar-refractivity contribution is -0.107. The van der Waals surface area contributed by atoms with Gasteiger partial charge in [0.25, 0.3) is 0 Å². The first kappa shape index (κ1) is 9.54. The van der Waals surface area contributed by atoms with E-state index in [1.165, 1.54) is 5.01 Å². The van der Waals surface area contributed by atoms with Crippen LogP contribution in [0.4, 0.5) is 0 Å². The Labute approximate surface area is 76.9 Å². The highest BCUT2D eigenvalue weighted by Gasteiger charge is 2.11. The van der Waals surface area contributed by atoms with E-state index >= 15 is 0 Å². The number of carbonyl (C=O) groups excluding carboxylic acids is 1. The van der Waals surface area contributed by atoms with Gasteiger partial charge in [-0.25, -0.2) is 5.84 Å². The second-order valence-electron chi connectivity index (χ2n) is 2.48. The summed E-state index contributed by atoms with van der Waals surface area (Å²) in [6.45, 7) is 0. The molecule has 1 aliphatic heterocycles. The van der Waals surface area contributed by atoms with Crippen LogP contribution < -0.4 is 5.84 Å². The van der Waals surface area contributed by atoms with Gasteiger partial charge in [0.05, 0.1) is 12.8 Å². The van der Waals surface area contributed by atoms with E-state index in [-0.39, 0.29) is 0 Å². The predicted molar refractivity (Wildman–Crippen MR) is 49.0 cm³/mol. The Hall–Kier alpha value is -1.55. The van der Waals surface area contributed by atoms with Crippen molar-refractivity contribution in [2.24, 2.45) is 5.84 Å². The smallest absolute Gasteiger partial charge is 0.143 e. The van der Waals surface area contributed by atoms with Crippen LogP contribution in [0.15, 0.2) is 35.9 Å². The number of nitrogens with zero attached hydrogens (tertiary/aromatic N) is 1. The van der Waals surface area contributed by atoms with Gasteiger partial charge in [0.1, 0.15) is 12.0 Å². The third kappa shape index (κ3) is 2.19. The van der Waals surface area contributed by atoms with E-state index in [1.807, 2.05) is 0 Å². The standard InChI is InChI=1S/C9H12N2O2/c1-13-9-5-2-6-11(10)8(9)4-3-7-12/h2,4-7H,3,10H2,1H3/b8-4-. The van der Waals surface area contributed by atoms with Gasteiger partial charge in [-0.2, -0.15) is 0 Å². The minimum atomic E-state index is 0.331. The second kappa shape index (κ2) is 4.47. The highest BCUT2D eigenvalue weighted by molar-refractivity contribution is 5.53. The van der Waals surface area contributed by atoms with Crippen molar-refractivity contribution in [2.45, 2.75) is 6.42 Å². The largest absolute Gasteiger partial charge is 0.495 e. The fraction of sp³-hybridized carbons (Fsp3) is 0.222. The predicted octanol–water partition coefficient (Wildman–Crippen LogP) is 0.693. The first-order valence-electron chi connectivity index (χ1n) is 3.90. The Morgan fingerprint density at radius 2 is 2.46 bits per heavy atom. The molecule has 0 aromatic heterocycles. The zero-order valence-corrected chi connectivity index (χ0v) is 7.43. The molecule has 13 heavy (non-hydrogen) atoms. The molecule has 1 aliphatic rings. The monoisotopic (exact) mass is 180 g/mol. The average Bonchev–Trinajstić information content (AvgIpc) is 2.15. The quantitative estimate of drug-likeness (QED) is 0.513. The van der Waals surface area contributed by atoms with Gasteiger partial charge in [0, 0.05) is 12.6 Å². The van der Waals surface area contributed by atoms with E-state index in [1.54, 1.807) is 31.5 Å². The van der Waals surface area contributed by atoms with Gasteiger partial charge >= 0.3 is 0 Å². The van der Waals surface area contributed by atoms with Crippen molar-refractivity contribution in [3.05, 3.63) is 35.9 Å². The number of nitrogens with two attached hydrogens (primary N) is 1. The molecule has 0 radical (unpaired) electrons. The summed E-state index contributed by atoms with van der Waals surface area (Å²) < 4.78 is 5.08. The molecular weight excluding hydrogens is 168 g/mol. The van der Waals surface area contributed by atoms with Crippen molar-refractivity contribution in [1.82, 2.24) is 5.01 Å². The molecule has 4 heteroatoms. The van der Waals surface area contributed by atoms with E-state index in [0.717, 1.165) is 6.29 Å². The van der Waals surface area contributed by atoms with Gasteiger partial charge in [-0.1, -0.05) is 0 Å². The Balaban J connectivity index is 2.85. The van der Waals surface area contributed by atoms with Crippen LogP contribution >= 0.6 is 0 Å². The number of carbonyl (C=O) groups is 1. The topological polar surface area (TPSA) is 55.6 Å². The second-order valence-corrected chi connectivity index (χ2v) is 2.48. The molecule has 0 bridgehead atoms. The molecule has 0 fully saturated rings. The summed E-state index contributed by atoms with van der Waals surface area (Å²) in [5, 5.41) is 1.42. The highest BCUT2D eigenvalue weighted by Crippen LogP contribution is 2.17. The van der Waals surface area contributed by atoms with Crippen molar-refractivity contribution in [2.75, 3.05) is 7.11 Å². The van der Waals surface area contributed by atoms with E-state index in [0.29, 0.717) is 17.9 Å². The van der Waals surface area contributed by atoms with Crippen LogP contribution in [0.25, 0.3) is 0 Å². The molecular formula is C9H12N2O2. The van der Waals surface area contributed by atoms with E-state index < -0.39 is 0 Å². The van der Waals surface area contributed by atoms with Gasteiger partial charge in [0.15, 0.2) is 0 Å². The van der Waals surface area contributed by atoms with Crippen LogP contribution in [-0.4, -0.2) is 18.4 Å². The lowest BCUT2D eigenvalue weighted by Gasteiger charge is -2.21. The van der Waals surface area contributed by atoms with Crippen molar-refractivity contribution in [3.63, 3.8) is 0 Å². The van der Waals surface area contributed by atoms with Crippen molar-refractivity contribution in [1.29, 1.82) is 0 Å². The summed E-state index contributed by atoms with van der Waals surface area (Å²) in [7, 11) is 1.56. The summed E-state index contributed by atoms with van der Waals surface area (Å²) in [4.78, 5) is 10.2. The first-order chi connectivity index (χ1) is 6.29. The molecule has 1 rings (SSSR count). The number of hydrazine groups is 1. The van der Waals surface area contributed by atoms with E-state index in [9.17, 15) is 4.79 Å². The zero-order valence-electron chi connectivity index (χ0n) is 7.43. The summed E-state index contributed by atoms with van der Waals surface area (Å²) >= 11 is 0. The summed E-state index contributed by atoms with van der Waals surface area (Å²) in [5.74, 6) is 6.29. The Kier molecular flexibility index (Phi) is 3.28. The summed E-state index contributed by atoms with van der Waals surface area (Å²) in [6.07, 6.45) is 8.12. The summed E-state index contributed by atoms with van der Waals surface area (Å²) in [6, 6.07) is 0. The number of aldehydes is 1. The maximum Gasteiger partial charge on any atom is 0.143 e. The van der Waals surface area contributed by atoms with Gasteiger partial charge < -0.3 is 9.53 Å². The summed E-state index contributed by atoms with van der Waals surface area (Å²) in [5.41, 5.74) is 0.706. The Bertz CT molecular complexity index is 279. The number of allylic oxidation sites excluding steroid dienone is 3.